The Morgan fingerprint density at radius 2 is 1.52 bits per heavy atom. The Bertz CT molecular complexity index is 1310. The van der Waals surface area contributed by atoms with Gasteiger partial charge >= 0.3 is 12.1 Å². The van der Waals surface area contributed by atoms with Crippen LogP contribution in [0.3, 0.4) is 0 Å². The smallest absolute Gasteiger partial charge is 0.475 e. The fraction of sp³-hybridized carbons (Fsp3) is 0.552. The quantitative estimate of drug-likeness (QED) is 0.0317. The maximum Gasteiger partial charge on any atom is 0.490 e. The van der Waals surface area contributed by atoms with E-state index in [1.54, 1.807) is 38.4 Å². The Morgan fingerprint density at radius 3 is 1.98 bits per heavy atom. The number of hydrogen-bond acceptors (Lipinski definition) is 8. The Balaban J connectivity index is 0.00000148. The maximum absolute atomic E-state index is 13.6. The monoisotopic (exact) mass is 687 g/mol. The summed E-state index contributed by atoms with van der Waals surface area (Å²) in [5, 5.41) is 24.5. The van der Waals surface area contributed by atoms with E-state index in [1.165, 1.54) is 4.90 Å². The number of alkyl halides is 3. The van der Waals surface area contributed by atoms with Crippen molar-refractivity contribution >= 4 is 41.4 Å². The van der Waals surface area contributed by atoms with Crippen LogP contribution in [0, 0.1) is 11.8 Å². The molecule has 0 saturated heterocycles. The zero-order chi connectivity index (χ0) is 36.6. The third kappa shape index (κ3) is 14.1. The van der Waals surface area contributed by atoms with Crippen LogP contribution in [-0.2, 0) is 30.4 Å². The van der Waals surface area contributed by atoms with Crippen LogP contribution in [0.5, 0.6) is 0 Å². The number of hydrogen-bond donors (Lipinski definition) is 8. The van der Waals surface area contributed by atoms with Crippen LogP contribution in [0.1, 0.15) is 56.1 Å². The van der Waals surface area contributed by atoms with E-state index in [9.17, 15) is 32.3 Å². The molecule has 12 N–H and O–H groups in total. The number of carboxylic acid groups (broad SMARTS) is 1. The number of nitrogens with two attached hydrogens (primary N) is 4. The van der Waals surface area contributed by atoms with Crippen LogP contribution >= 0.6 is 0 Å². The molecule has 0 unspecified atom stereocenters. The summed E-state index contributed by atoms with van der Waals surface area (Å²) >= 11 is 0. The number of nitrogens with zero attached hydrogens (tertiary/aromatic N) is 3. The molecule has 16 nitrogen and oxygen atoms in total. The molecule has 0 radical (unpaired) electrons. The number of nitrogens with one attached hydrogen (secondary N) is 2. The third-order valence-electron chi connectivity index (χ3n) is 7.40. The number of carbonyl (C=O) groups excluding carboxylic acids is 4. The molecule has 3 atom stereocenters. The second kappa shape index (κ2) is 19.5. The fourth-order valence-corrected chi connectivity index (χ4v) is 4.88. The first kappa shape index (κ1) is 40.9. The molecule has 48 heavy (non-hydrogen) atoms. The SMILES string of the molecule is CN(C)C(=O)[C@@H](Cc1ccc(/C(N)=N/O)cc1)C(=O)N[C@H](C(=O)N[C@H](CCCN=C(N)N)C(N)=O)C1CCCCC1.O=C(O)C(F)(F)F. The molecule has 0 aromatic heterocycles. The van der Waals surface area contributed by atoms with Crippen molar-refractivity contribution in [2.24, 2.45) is 44.9 Å². The minimum atomic E-state index is -5.08. The molecular weight excluding hydrogens is 643 g/mol. The van der Waals surface area contributed by atoms with Crippen molar-refractivity contribution in [1.29, 1.82) is 0 Å². The molecular formula is C29H44F3N9O7. The Labute approximate surface area is 275 Å². The molecule has 1 aliphatic rings. The number of aliphatic carboxylic acids is 1. The fourth-order valence-electron chi connectivity index (χ4n) is 4.88. The van der Waals surface area contributed by atoms with Gasteiger partial charge in [-0.25, -0.2) is 4.79 Å². The van der Waals surface area contributed by atoms with Crippen molar-refractivity contribution in [2.45, 2.75) is 69.6 Å². The Hall–Kier alpha value is -5.10. The molecule has 2 rings (SSSR count). The van der Waals surface area contributed by atoms with Crippen molar-refractivity contribution in [3.05, 3.63) is 35.4 Å². The lowest BCUT2D eigenvalue weighted by atomic mass is 9.83. The van der Waals surface area contributed by atoms with E-state index in [-0.39, 0.29) is 37.1 Å². The predicted molar refractivity (Wildman–Crippen MR) is 168 cm³/mol. The van der Waals surface area contributed by atoms with E-state index < -0.39 is 53.8 Å². The van der Waals surface area contributed by atoms with Gasteiger partial charge in [-0.15, -0.1) is 0 Å². The van der Waals surface area contributed by atoms with Crippen LogP contribution in [0.15, 0.2) is 34.4 Å². The summed E-state index contributed by atoms with van der Waals surface area (Å²) in [5.41, 5.74) is 23.0. The van der Waals surface area contributed by atoms with Crippen LogP contribution in [-0.4, -0.2) is 95.5 Å². The van der Waals surface area contributed by atoms with E-state index in [0.717, 1.165) is 19.3 Å². The maximum atomic E-state index is 13.6. The number of primary amides is 1. The number of guanidine groups is 1. The molecule has 1 aromatic carbocycles. The highest BCUT2D eigenvalue weighted by atomic mass is 19.4. The van der Waals surface area contributed by atoms with Gasteiger partial charge in [-0.3, -0.25) is 24.2 Å². The average molecular weight is 688 g/mol. The van der Waals surface area contributed by atoms with E-state index in [4.69, 9.17) is 38.0 Å². The summed E-state index contributed by atoms with van der Waals surface area (Å²) < 4.78 is 31.7. The predicted octanol–water partition coefficient (Wildman–Crippen LogP) is -0.250. The van der Waals surface area contributed by atoms with Crippen molar-refractivity contribution in [1.82, 2.24) is 15.5 Å². The van der Waals surface area contributed by atoms with E-state index in [0.29, 0.717) is 30.4 Å². The van der Waals surface area contributed by atoms with Gasteiger partial charge in [0, 0.05) is 26.2 Å². The molecule has 0 aliphatic heterocycles. The molecule has 0 heterocycles. The van der Waals surface area contributed by atoms with Crippen molar-refractivity contribution < 1.29 is 47.5 Å². The normalized spacial score (nSPS) is 15.4. The molecule has 19 heteroatoms. The standard InChI is InChI=1S/C27H43N9O5.C2HF3O2/c1-36(2)26(40)19(15-16-10-12-18(13-11-16)22(28)35-41)24(38)34-21(17-7-4-3-5-8-17)25(39)33-20(23(29)37)9-6-14-32-27(30)31;3-2(4,5)1(6)7/h10-13,17,19-21,41H,3-9,14-15H2,1-2H3,(H2,28,35)(H2,29,37)(H,33,39)(H,34,38)(H4,30,31,32);(H,6,7)/t19-,20+,21-;/m0./s1. The number of rotatable bonds is 14. The summed E-state index contributed by atoms with van der Waals surface area (Å²) in [7, 11) is 3.10. The highest BCUT2D eigenvalue weighted by Gasteiger charge is 2.38. The molecule has 0 bridgehead atoms. The highest BCUT2D eigenvalue weighted by molar-refractivity contribution is 6.02. The topological polar surface area (TPSA) is 282 Å². The summed E-state index contributed by atoms with van der Waals surface area (Å²) in [4.78, 5) is 66.4. The van der Waals surface area contributed by atoms with Gasteiger partial charge in [0.1, 0.15) is 18.0 Å². The second-order valence-corrected chi connectivity index (χ2v) is 11.3. The van der Waals surface area contributed by atoms with Crippen LogP contribution in [0.4, 0.5) is 13.2 Å². The summed E-state index contributed by atoms with van der Waals surface area (Å²) in [6.07, 6.45) is -0.155. The van der Waals surface area contributed by atoms with Crippen LogP contribution in [0.25, 0.3) is 0 Å². The number of aliphatic imine (C=N–C) groups is 1. The summed E-state index contributed by atoms with van der Waals surface area (Å²) in [6.45, 7) is 0.263. The Kier molecular flexibility index (Phi) is 16.7. The number of amides is 4. The van der Waals surface area contributed by atoms with Gasteiger partial charge in [-0.05, 0) is 43.6 Å². The van der Waals surface area contributed by atoms with Crippen molar-refractivity contribution in [2.75, 3.05) is 20.6 Å². The summed E-state index contributed by atoms with van der Waals surface area (Å²) in [5.74, 6) is -6.47. The zero-order valence-electron chi connectivity index (χ0n) is 26.7. The number of benzene rings is 1. The summed E-state index contributed by atoms with van der Waals surface area (Å²) in [6, 6.07) is 4.67. The minimum absolute atomic E-state index is 0.0625. The van der Waals surface area contributed by atoms with Gasteiger partial charge in [-0.1, -0.05) is 48.7 Å². The van der Waals surface area contributed by atoms with Gasteiger partial charge in [0.05, 0.1) is 0 Å². The van der Waals surface area contributed by atoms with E-state index in [1.807, 2.05) is 0 Å². The number of oxime groups is 1. The van der Waals surface area contributed by atoms with E-state index >= 15 is 0 Å². The molecule has 1 saturated carbocycles. The molecule has 1 aliphatic carbocycles. The zero-order valence-corrected chi connectivity index (χ0v) is 26.7. The first-order chi connectivity index (χ1) is 22.4. The Morgan fingerprint density at radius 1 is 0.958 bits per heavy atom. The molecule has 1 aromatic rings. The molecule has 0 spiro atoms. The first-order valence-corrected chi connectivity index (χ1v) is 14.9. The van der Waals surface area contributed by atoms with E-state index in [2.05, 4.69) is 20.8 Å². The number of carbonyl (C=O) groups is 5. The number of halogens is 3. The molecule has 268 valence electrons. The van der Waals surface area contributed by atoms with Gasteiger partial charge in [0.25, 0.3) is 0 Å². The first-order valence-electron chi connectivity index (χ1n) is 14.9. The van der Waals surface area contributed by atoms with Crippen LogP contribution in [0.2, 0.25) is 0 Å². The lowest BCUT2D eigenvalue weighted by Gasteiger charge is -2.32. The second-order valence-electron chi connectivity index (χ2n) is 11.3. The largest absolute Gasteiger partial charge is 0.490 e. The molecule has 4 amide bonds. The third-order valence-corrected chi connectivity index (χ3v) is 7.40. The number of amidine groups is 1. The van der Waals surface area contributed by atoms with Gasteiger partial charge < -0.3 is 48.8 Å². The molecule has 1 fully saturated rings. The van der Waals surface area contributed by atoms with Crippen molar-refractivity contribution in [3.63, 3.8) is 0 Å². The lowest BCUT2D eigenvalue weighted by molar-refractivity contribution is -0.192. The van der Waals surface area contributed by atoms with Crippen molar-refractivity contribution in [3.8, 4) is 0 Å². The lowest BCUT2D eigenvalue weighted by Crippen LogP contribution is -2.57. The highest BCUT2D eigenvalue weighted by Crippen LogP contribution is 2.27. The van der Waals surface area contributed by atoms with Gasteiger partial charge in [0.2, 0.25) is 23.6 Å². The van der Waals surface area contributed by atoms with Crippen LogP contribution < -0.4 is 33.6 Å². The van der Waals surface area contributed by atoms with Gasteiger partial charge in [-0.2, -0.15) is 13.2 Å². The van der Waals surface area contributed by atoms with Gasteiger partial charge in [0.15, 0.2) is 11.8 Å². The minimum Gasteiger partial charge on any atom is -0.475 e. The number of carboxylic acids is 1. The average Bonchev–Trinajstić information content (AvgIpc) is 3.03.